The molecule has 1 aromatic rings. The average molecular weight is 237 g/mol. The van der Waals surface area contributed by atoms with Gasteiger partial charge in [0.15, 0.2) is 11.6 Å². The van der Waals surface area contributed by atoms with Gasteiger partial charge in [-0.05, 0) is 13.0 Å². The molecule has 0 saturated heterocycles. The van der Waals surface area contributed by atoms with Crippen LogP contribution in [0.15, 0.2) is 24.3 Å². The zero-order chi connectivity index (χ0) is 12.7. The lowest BCUT2D eigenvalue weighted by molar-refractivity contribution is -0.114. The highest BCUT2D eigenvalue weighted by atomic mass is 19.2. The van der Waals surface area contributed by atoms with Crippen molar-refractivity contribution in [3.63, 3.8) is 0 Å². The number of Topliss-reactive ketones (excluding diaryl/α,β-unsaturated/α-hetero) is 1. The maximum atomic E-state index is 13.1. The van der Waals surface area contributed by atoms with Gasteiger partial charge in [-0.1, -0.05) is 12.2 Å². The fourth-order valence-electron chi connectivity index (χ4n) is 1.72. The number of halogens is 2. The molecule has 2 rings (SSSR count). The van der Waals surface area contributed by atoms with E-state index in [-0.39, 0.29) is 17.8 Å². The second-order valence-electron chi connectivity index (χ2n) is 3.96. The van der Waals surface area contributed by atoms with Crippen LogP contribution in [-0.4, -0.2) is 18.2 Å². The highest BCUT2D eigenvalue weighted by Crippen LogP contribution is 2.31. The Hall–Kier alpha value is -2.04. The van der Waals surface area contributed by atoms with Crippen molar-refractivity contribution in [3.05, 3.63) is 41.5 Å². The first-order chi connectivity index (χ1) is 7.91. The third-order valence-electron chi connectivity index (χ3n) is 2.44. The monoisotopic (exact) mass is 237 g/mol. The number of nitrogens with zero attached hydrogens (tertiary/aromatic N) is 1. The number of fused-ring (bicyclic) bond motifs is 1. The molecule has 88 valence electrons. The maximum Gasteiger partial charge on any atom is 0.299 e. The molecule has 0 bridgehead atoms. The van der Waals surface area contributed by atoms with Crippen LogP contribution in [-0.2, 0) is 4.79 Å². The van der Waals surface area contributed by atoms with Gasteiger partial charge in [0.2, 0.25) is 0 Å². The predicted molar refractivity (Wildman–Crippen MR) is 57.9 cm³/mol. The molecule has 5 heteroatoms. The molecule has 3 nitrogen and oxygen atoms in total. The van der Waals surface area contributed by atoms with Crippen molar-refractivity contribution in [3.8, 4) is 0 Å². The largest absolute Gasteiger partial charge is 0.301 e. The second-order valence-corrected chi connectivity index (χ2v) is 3.96. The maximum absolute atomic E-state index is 13.1. The van der Waals surface area contributed by atoms with Gasteiger partial charge in [-0.15, -0.1) is 0 Å². The van der Waals surface area contributed by atoms with Gasteiger partial charge in [-0.25, -0.2) is 8.78 Å². The molecule has 0 unspecified atom stereocenters. The minimum absolute atomic E-state index is 0.0990. The molecule has 0 spiro atoms. The minimum atomic E-state index is -1.14. The number of hydrogen-bond donors (Lipinski definition) is 0. The van der Waals surface area contributed by atoms with E-state index >= 15 is 0 Å². The lowest BCUT2D eigenvalue weighted by Gasteiger charge is -2.16. The zero-order valence-corrected chi connectivity index (χ0v) is 9.09. The molecule has 1 aromatic carbocycles. The smallest absolute Gasteiger partial charge is 0.299 e. The number of ketones is 1. The van der Waals surface area contributed by atoms with E-state index in [1.54, 1.807) is 6.92 Å². The van der Waals surface area contributed by atoms with Gasteiger partial charge in [0.25, 0.3) is 11.7 Å². The summed E-state index contributed by atoms with van der Waals surface area (Å²) in [5.74, 6) is -3.83. The van der Waals surface area contributed by atoms with Gasteiger partial charge in [0, 0.05) is 12.6 Å². The van der Waals surface area contributed by atoms with Crippen molar-refractivity contribution < 1.29 is 18.4 Å². The molecular weight excluding hydrogens is 228 g/mol. The van der Waals surface area contributed by atoms with E-state index < -0.39 is 23.3 Å². The summed E-state index contributed by atoms with van der Waals surface area (Å²) in [5, 5.41) is 0. The van der Waals surface area contributed by atoms with E-state index in [1.165, 1.54) is 0 Å². The molecule has 17 heavy (non-hydrogen) atoms. The molecular formula is C12H9F2NO2. The third kappa shape index (κ3) is 1.73. The van der Waals surface area contributed by atoms with Crippen molar-refractivity contribution in [1.29, 1.82) is 0 Å². The molecule has 1 aliphatic rings. The highest BCUT2D eigenvalue weighted by Gasteiger charge is 2.36. The van der Waals surface area contributed by atoms with Gasteiger partial charge in [0.1, 0.15) is 0 Å². The van der Waals surface area contributed by atoms with Crippen LogP contribution in [0.1, 0.15) is 17.3 Å². The topological polar surface area (TPSA) is 37.4 Å². The van der Waals surface area contributed by atoms with E-state index in [0.29, 0.717) is 5.57 Å². The third-order valence-corrected chi connectivity index (χ3v) is 2.44. The van der Waals surface area contributed by atoms with Crippen LogP contribution >= 0.6 is 0 Å². The Morgan fingerprint density at radius 3 is 2.47 bits per heavy atom. The number of carbonyl (C=O) groups is 2. The second kappa shape index (κ2) is 3.76. The van der Waals surface area contributed by atoms with Crippen molar-refractivity contribution in [2.75, 3.05) is 11.4 Å². The van der Waals surface area contributed by atoms with Crippen LogP contribution in [0.4, 0.5) is 14.5 Å². The lowest BCUT2D eigenvalue weighted by atomic mass is 10.1. The Morgan fingerprint density at radius 2 is 1.88 bits per heavy atom. The molecule has 0 atom stereocenters. The van der Waals surface area contributed by atoms with Crippen LogP contribution in [0, 0.1) is 11.6 Å². The van der Waals surface area contributed by atoms with Crippen molar-refractivity contribution >= 4 is 17.4 Å². The minimum Gasteiger partial charge on any atom is -0.301 e. The molecule has 0 saturated carbocycles. The summed E-state index contributed by atoms with van der Waals surface area (Å²) in [5.41, 5.74) is 0.640. The first-order valence-corrected chi connectivity index (χ1v) is 4.91. The molecule has 0 radical (unpaired) electrons. The standard InChI is InChI=1S/C12H9F2NO2/c1-6(2)5-15-10-4-9(14)8(13)3-7(10)11(16)12(15)17/h3-4H,1,5H2,2H3. The molecule has 0 aliphatic carbocycles. The molecule has 1 heterocycles. The fourth-order valence-corrected chi connectivity index (χ4v) is 1.72. The van der Waals surface area contributed by atoms with Crippen LogP contribution < -0.4 is 4.90 Å². The number of hydrogen-bond acceptors (Lipinski definition) is 2. The summed E-state index contributed by atoms with van der Waals surface area (Å²) in [6.07, 6.45) is 0. The molecule has 0 N–H and O–H groups in total. The summed E-state index contributed by atoms with van der Waals surface area (Å²) < 4.78 is 26.1. The average Bonchev–Trinajstić information content (AvgIpc) is 2.45. The van der Waals surface area contributed by atoms with Crippen molar-refractivity contribution in [2.45, 2.75) is 6.92 Å². The lowest BCUT2D eigenvalue weighted by Crippen LogP contribution is -2.31. The van der Waals surface area contributed by atoms with E-state index in [2.05, 4.69) is 6.58 Å². The number of anilines is 1. The number of benzene rings is 1. The first-order valence-electron chi connectivity index (χ1n) is 4.91. The number of rotatable bonds is 2. The highest BCUT2D eigenvalue weighted by molar-refractivity contribution is 6.52. The summed E-state index contributed by atoms with van der Waals surface area (Å²) in [6, 6.07) is 1.61. The van der Waals surface area contributed by atoms with Gasteiger partial charge < -0.3 is 4.90 Å². The fraction of sp³-hybridized carbons (Fsp3) is 0.167. The van der Waals surface area contributed by atoms with E-state index in [0.717, 1.165) is 17.0 Å². The quantitative estimate of drug-likeness (QED) is 0.583. The van der Waals surface area contributed by atoms with E-state index in [1.807, 2.05) is 0 Å². The summed E-state index contributed by atoms with van der Waals surface area (Å²) in [6.45, 7) is 5.41. The normalized spacial score (nSPS) is 14.2. The van der Waals surface area contributed by atoms with Crippen LogP contribution in [0.3, 0.4) is 0 Å². The Kier molecular flexibility index (Phi) is 2.53. The van der Waals surface area contributed by atoms with Crippen LogP contribution in [0.5, 0.6) is 0 Å². The van der Waals surface area contributed by atoms with Gasteiger partial charge in [0.05, 0.1) is 11.3 Å². The Balaban J connectivity index is 2.56. The van der Waals surface area contributed by atoms with Crippen LogP contribution in [0.25, 0.3) is 0 Å². The van der Waals surface area contributed by atoms with Gasteiger partial charge in [-0.2, -0.15) is 0 Å². The summed E-state index contributed by atoms with van der Waals surface area (Å²) in [4.78, 5) is 24.3. The Morgan fingerprint density at radius 1 is 1.29 bits per heavy atom. The Labute approximate surface area is 96.3 Å². The molecule has 1 amide bonds. The zero-order valence-electron chi connectivity index (χ0n) is 9.09. The Bertz CT molecular complexity index is 552. The van der Waals surface area contributed by atoms with Crippen LogP contribution in [0.2, 0.25) is 0 Å². The number of amides is 1. The summed E-state index contributed by atoms with van der Waals surface area (Å²) >= 11 is 0. The first kappa shape index (κ1) is 11.4. The van der Waals surface area contributed by atoms with E-state index in [4.69, 9.17) is 0 Å². The summed E-state index contributed by atoms with van der Waals surface area (Å²) in [7, 11) is 0. The molecule has 0 aromatic heterocycles. The van der Waals surface area contributed by atoms with Crippen molar-refractivity contribution in [1.82, 2.24) is 0 Å². The SMILES string of the molecule is C=C(C)CN1C(=O)C(=O)c2cc(F)c(F)cc21. The predicted octanol–water partition coefficient (Wildman–Crippen LogP) is 2.07. The van der Waals surface area contributed by atoms with Gasteiger partial charge in [-0.3, -0.25) is 9.59 Å². The molecule has 0 fully saturated rings. The number of carbonyl (C=O) groups excluding carboxylic acids is 2. The van der Waals surface area contributed by atoms with E-state index in [9.17, 15) is 18.4 Å². The van der Waals surface area contributed by atoms with Gasteiger partial charge >= 0.3 is 0 Å². The molecule has 1 aliphatic heterocycles. The van der Waals surface area contributed by atoms with Crippen molar-refractivity contribution in [2.24, 2.45) is 0 Å².